The van der Waals surface area contributed by atoms with E-state index in [-0.39, 0.29) is 29.8 Å². The summed E-state index contributed by atoms with van der Waals surface area (Å²) in [5.74, 6) is 1.01. The Morgan fingerprint density at radius 1 is 1.32 bits per heavy atom. The number of hydrogen-bond donors (Lipinski definition) is 3. The number of carbonyl (C=O) groups excluding carboxylic acids is 2. The molecule has 1 aliphatic heterocycles. The van der Waals surface area contributed by atoms with Crippen molar-refractivity contribution in [2.24, 2.45) is 10.7 Å². The summed E-state index contributed by atoms with van der Waals surface area (Å²) < 4.78 is 5.55. The number of aliphatic imine (C=N–C) groups is 1. The third-order valence-electron chi connectivity index (χ3n) is 4.95. The van der Waals surface area contributed by atoms with Crippen LogP contribution in [-0.4, -0.2) is 42.3 Å². The van der Waals surface area contributed by atoms with Gasteiger partial charge in [0.2, 0.25) is 0 Å². The number of nitrogens with one attached hydrogen (secondary N) is 1. The molecule has 1 aromatic carbocycles. The van der Waals surface area contributed by atoms with Gasteiger partial charge in [0.15, 0.2) is 17.5 Å². The van der Waals surface area contributed by atoms with Crippen molar-refractivity contribution in [1.82, 2.24) is 5.32 Å². The summed E-state index contributed by atoms with van der Waals surface area (Å²) in [4.78, 5) is 28.1. The van der Waals surface area contributed by atoms with Crippen LogP contribution in [0.15, 0.2) is 17.1 Å². The second kappa shape index (κ2) is 10.7. The van der Waals surface area contributed by atoms with E-state index in [2.05, 4.69) is 10.3 Å². The predicted octanol–water partition coefficient (Wildman–Crippen LogP) is 2.27. The van der Waals surface area contributed by atoms with E-state index in [0.717, 1.165) is 30.4 Å². The quantitative estimate of drug-likeness (QED) is 0.321. The number of guanidine groups is 1. The summed E-state index contributed by atoms with van der Waals surface area (Å²) in [6.07, 6.45) is 4.50. The highest BCUT2D eigenvalue weighted by Gasteiger charge is 2.19. The zero-order valence-electron chi connectivity index (χ0n) is 16.8. The second-order valence-electron chi connectivity index (χ2n) is 7.30. The molecule has 0 spiro atoms. The molecule has 4 N–H and O–H groups in total. The number of aryl methyl sites for hydroxylation is 1. The van der Waals surface area contributed by atoms with E-state index in [9.17, 15) is 14.7 Å². The Labute approximate surface area is 166 Å². The number of phenols is 1. The molecular formula is C21H31N3O4. The second-order valence-corrected chi connectivity index (χ2v) is 7.30. The number of fused-ring (bicyclic) bond motifs is 1. The molecular weight excluding hydrogens is 358 g/mol. The van der Waals surface area contributed by atoms with Crippen LogP contribution >= 0.6 is 0 Å². The van der Waals surface area contributed by atoms with Gasteiger partial charge >= 0.3 is 0 Å². The molecule has 0 aliphatic carbocycles. The topological polar surface area (TPSA) is 114 Å². The van der Waals surface area contributed by atoms with Crippen LogP contribution in [0.4, 0.5) is 0 Å². The molecule has 0 amide bonds. The van der Waals surface area contributed by atoms with Crippen LogP contribution in [0.5, 0.6) is 11.5 Å². The number of ether oxygens (including phenoxy) is 1. The Morgan fingerprint density at radius 2 is 2.07 bits per heavy atom. The van der Waals surface area contributed by atoms with E-state index in [4.69, 9.17) is 10.5 Å². The van der Waals surface area contributed by atoms with Crippen LogP contribution in [0.3, 0.4) is 0 Å². The maximum atomic E-state index is 12.2. The first kappa shape index (κ1) is 21.7. The van der Waals surface area contributed by atoms with Gasteiger partial charge < -0.3 is 20.9 Å². The number of ketones is 2. The molecule has 2 rings (SSSR count). The number of benzene rings is 1. The van der Waals surface area contributed by atoms with Crippen molar-refractivity contribution >= 4 is 17.5 Å². The Morgan fingerprint density at radius 3 is 2.82 bits per heavy atom. The Kier molecular flexibility index (Phi) is 8.29. The minimum atomic E-state index is -0.0444. The van der Waals surface area contributed by atoms with Gasteiger partial charge in [-0.15, -0.1) is 0 Å². The molecule has 0 radical (unpaired) electrons. The number of carbonyl (C=O) groups is 2. The van der Waals surface area contributed by atoms with Gasteiger partial charge in [0, 0.05) is 31.5 Å². The fourth-order valence-electron chi connectivity index (χ4n) is 3.41. The molecule has 0 aromatic heterocycles. The van der Waals surface area contributed by atoms with Crippen LogP contribution in [0.1, 0.15) is 56.6 Å². The number of Topliss-reactive ketones (excluding diaryl/α,β-unsaturated/α-hetero) is 2. The number of phenolic OH excluding ortho intramolecular Hbond substituents is 1. The lowest BCUT2D eigenvalue weighted by atomic mass is 9.94. The van der Waals surface area contributed by atoms with Crippen LogP contribution in [-0.2, 0) is 22.4 Å². The van der Waals surface area contributed by atoms with Crippen molar-refractivity contribution in [3.63, 3.8) is 0 Å². The number of hydrogen-bond acceptors (Lipinski definition) is 5. The van der Waals surface area contributed by atoms with Crippen molar-refractivity contribution in [3.05, 3.63) is 23.3 Å². The van der Waals surface area contributed by atoms with Crippen molar-refractivity contribution in [2.75, 3.05) is 13.7 Å². The largest absolute Gasteiger partial charge is 0.504 e. The summed E-state index contributed by atoms with van der Waals surface area (Å²) in [6, 6.07) is 3.59. The van der Waals surface area contributed by atoms with Crippen LogP contribution in [0.2, 0.25) is 0 Å². The van der Waals surface area contributed by atoms with E-state index in [0.29, 0.717) is 44.0 Å². The first-order chi connectivity index (χ1) is 13.4. The van der Waals surface area contributed by atoms with E-state index < -0.39 is 0 Å². The van der Waals surface area contributed by atoms with E-state index in [1.807, 2.05) is 13.0 Å². The van der Waals surface area contributed by atoms with Crippen molar-refractivity contribution in [2.45, 2.75) is 64.3 Å². The van der Waals surface area contributed by atoms with Crippen molar-refractivity contribution < 1.29 is 19.4 Å². The molecule has 1 heterocycles. The highest BCUT2D eigenvalue weighted by atomic mass is 16.5. The molecule has 0 saturated heterocycles. The third-order valence-corrected chi connectivity index (χ3v) is 4.95. The van der Waals surface area contributed by atoms with E-state index in [1.165, 1.54) is 0 Å². The van der Waals surface area contributed by atoms with Gasteiger partial charge in [-0.2, -0.15) is 0 Å². The fourth-order valence-corrected chi connectivity index (χ4v) is 3.41. The minimum Gasteiger partial charge on any atom is -0.504 e. The standard InChI is InChI=1S/C21H31N3O4/c1-14(24-21(22)23-2)5-3-6-16(25)13-17(26)10-8-15-9-11-19(27)20-18(15)7-4-12-28-20/h9,11,14,27H,3-8,10,12-13H2,1-2H3,(H3,22,23,24)/t14-/m1/s1. The van der Waals surface area contributed by atoms with Gasteiger partial charge in [-0.25, -0.2) is 0 Å². The number of nitrogens with two attached hydrogens (primary N) is 1. The Balaban J connectivity index is 1.73. The SMILES string of the molecule is CN=C(N)N[C@H](C)CCCC(=O)CC(=O)CCc1ccc(O)c2c1CCCO2. The molecule has 0 saturated carbocycles. The molecule has 28 heavy (non-hydrogen) atoms. The molecule has 7 heteroatoms. The zero-order valence-corrected chi connectivity index (χ0v) is 16.8. The molecule has 1 aliphatic rings. The van der Waals surface area contributed by atoms with Gasteiger partial charge in [-0.05, 0) is 50.7 Å². The van der Waals surface area contributed by atoms with Gasteiger partial charge in [0.25, 0.3) is 0 Å². The van der Waals surface area contributed by atoms with Crippen LogP contribution < -0.4 is 15.8 Å². The van der Waals surface area contributed by atoms with E-state index >= 15 is 0 Å². The van der Waals surface area contributed by atoms with Gasteiger partial charge in [0.1, 0.15) is 11.6 Å². The Hall–Kier alpha value is -2.57. The third kappa shape index (κ3) is 6.55. The van der Waals surface area contributed by atoms with Gasteiger partial charge in [0.05, 0.1) is 13.0 Å². The van der Waals surface area contributed by atoms with Crippen LogP contribution in [0, 0.1) is 0 Å². The molecule has 0 fully saturated rings. The summed E-state index contributed by atoms with van der Waals surface area (Å²) in [6.45, 7) is 2.58. The zero-order chi connectivity index (χ0) is 20.5. The monoisotopic (exact) mass is 389 g/mol. The first-order valence-electron chi connectivity index (χ1n) is 9.89. The maximum Gasteiger partial charge on any atom is 0.188 e. The maximum absolute atomic E-state index is 12.2. The molecule has 0 bridgehead atoms. The van der Waals surface area contributed by atoms with Crippen molar-refractivity contribution in [3.8, 4) is 11.5 Å². The summed E-state index contributed by atoms with van der Waals surface area (Å²) in [7, 11) is 1.62. The first-order valence-corrected chi connectivity index (χ1v) is 9.89. The normalized spacial score (nSPS) is 14.7. The highest BCUT2D eigenvalue weighted by Crippen LogP contribution is 2.36. The van der Waals surface area contributed by atoms with Crippen molar-refractivity contribution in [1.29, 1.82) is 0 Å². The Bertz CT molecular complexity index is 731. The highest BCUT2D eigenvalue weighted by molar-refractivity contribution is 5.99. The summed E-state index contributed by atoms with van der Waals surface area (Å²) in [5.41, 5.74) is 7.61. The molecule has 154 valence electrons. The van der Waals surface area contributed by atoms with E-state index in [1.54, 1.807) is 13.1 Å². The molecule has 0 unspecified atom stereocenters. The lowest BCUT2D eigenvalue weighted by Gasteiger charge is -2.21. The van der Waals surface area contributed by atoms with Crippen LogP contribution in [0.25, 0.3) is 0 Å². The van der Waals surface area contributed by atoms with Gasteiger partial charge in [-0.3, -0.25) is 14.6 Å². The summed E-state index contributed by atoms with van der Waals surface area (Å²) >= 11 is 0. The lowest BCUT2D eigenvalue weighted by Crippen LogP contribution is -2.38. The molecule has 7 nitrogen and oxygen atoms in total. The average Bonchev–Trinajstić information content (AvgIpc) is 2.67. The predicted molar refractivity (Wildman–Crippen MR) is 109 cm³/mol. The number of nitrogens with zero attached hydrogens (tertiary/aromatic N) is 1. The number of rotatable bonds is 10. The minimum absolute atomic E-state index is 0.0167. The van der Waals surface area contributed by atoms with Gasteiger partial charge in [-0.1, -0.05) is 6.07 Å². The smallest absolute Gasteiger partial charge is 0.188 e. The molecule has 1 aromatic rings. The molecule has 1 atom stereocenters. The summed E-state index contributed by atoms with van der Waals surface area (Å²) in [5, 5.41) is 12.9. The number of aromatic hydroxyl groups is 1. The lowest BCUT2D eigenvalue weighted by molar-refractivity contribution is -0.127. The average molecular weight is 389 g/mol. The fraction of sp³-hybridized carbons (Fsp3) is 0.571.